The van der Waals surface area contributed by atoms with Crippen LogP contribution in [0.25, 0.3) is 11.0 Å². The van der Waals surface area contributed by atoms with E-state index in [2.05, 4.69) is 20.0 Å². The van der Waals surface area contributed by atoms with E-state index in [4.69, 9.17) is 4.74 Å². The smallest absolute Gasteiger partial charge is 0.243 e. The van der Waals surface area contributed by atoms with E-state index in [1.165, 1.54) is 17.6 Å². The van der Waals surface area contributed by atoms with Crippen molar-refractivity contribution in [3.05, 3.63) is 66.6 Å². The van der Waals surface area contributed by atoms with Crippen LogP contribution in [0.4, 0.5) is 11.5 Å². The number of ether oxygens (including phenoxy) is 1. The predicted octanol–water partition coefficient (Wildman–Crippen LogP) is 2.70. The number of sulfonamides is 1. The van der Waals surface area contributed by atoms with E-state index in [1.807, 2.05) is 54.9 Å². The average Bonchev–Trinajstić information content (AvgIpc) is 3.40. The SMILES string of the molecule is CCOc1cccc(Cn2ncc3c(N4CCN(S(=O)(=O)c5ccc(N(CCN(C)C)C(C)=O)cc5)CC4)ncnc32)c1. The summed E-state index contributed by atoms with van der Waals surface area (Å²) in [6.07, 6.45) is 3.30. The van der Waals surface area contributed by atoms with Crippen molar-refractivity contribution in [1.82, 2.24) is 29.0 Å². The lowest BCUT2D eigenvalue weighted by molar-refractivity contribution is -0.116. The molecule has 0 N–H and O–H groups in total. The lowest BCUT2D eigenvalue weighted by atomic mass is 10.2. The largest absolute Gasteiger partial charge is 0.494 e. The van der Waals surface area contributed by atoms with Gasteiger partial charge in [0.1, 0.15) is 17.9 Å². The van der Waals surface area contributed by atoms with E-state index in [0.717, 1.165) is 22.5 Å². The number of hydrogen-bond acceptors (Lipinski definition) is 9. The topological polar surface area (TPSA) is 117 Å². The number of hydrogen-bond donors (Lipinski definition) is 0. The van der Waals surface area contributed by atoms with Crippen molar-refractivity contribution in [3.63, 3.8) is 0 Å². The fourth-order valence-electron chi connectivity index (χ4n) is 5.18. The van der Waals surface area contributed by atoms with E-state index >= 15 is 0 Å². The molecular weight excluding hydrogens is 568 g/mol. The van der Waals surface area contributed by atoms with Gasteiger partial charge in [0.2, 0.25) is 15.9 Å². The number of amides is 1. The average molecular weight is 607 g/mol. The minimum Gasteiger partial charge on any atom is -0.494 e. The number of carbonyl (C=O) groups is 1. The van der Waals surface area contributed by atoms with Crippen LogP contribution in [-0.2, 0) is 21.4 Å². The van der Waals surface area contributed by atoms with E-state index in [1.54, 1.807) is 35.4 Å². The van der Waals surface area contributed by atoms with Crippen LogP contribution in [0.5, 0.6) is 5.75 Å². The number of benzene rings is 2. The van der Waals surface area contributed by atoms with Crippen molar-refractivity contribution in [3.8, 4) is 5.75 Å². The maximum Gasteiger partial charge on any atom is 0.243 e. The second-order valence-electron chi connectivity index (χ2n) is 10.7. The summed E-state index contributed by atoms with van der Waals surface area (Å²) in [5, 5.41) is 5.40. The molecule has 0 spiro atoms. The summed E-state index contributed by atoms with van der Waals surface area (Å²) in [5.74, 6) is 1.46. The van der Waals surface area contributed by atoms with Gasteiger partial charge in [-0.25, -0.2) is 23.1 Å². The number of carbonyl (C=O) groups excluding carboxylic acids is 1. The zero-order valence-electron chi connectivity index (χ0n) is 25.0. The molecule has 1 amide bonds. The van der Waals surface area contributed by atoms with Gasteiger partial charge in [-0.3, -0.25) is 4.79 Å². The van der Waals surface area contributed by atoms with Crippen LogP contribution in [0.1, 0.15) is 19.4 Å². The van der Waals surface area contributed by atoms with Gasteiger partial charge >= 0.3 is 0 Å². The molecule has 0 aliphatic carbocycles. The Bertz CT molecular complexity index is 1670. The molecule has 43 heavy (non-hydrogen) atoms. The van der Waals surface area contributed by atoms with Crippen LogP contribution < -0.4 is 14.5 Å². The van der Waals surface area contributed by atoms with Crippen molar-refractivity contribution >= 4 is 38.5 Å². The summed E-state index contributed by atoms with van der Waals surface area (Å²) in [6.45, 7) is 7.41. The monoisotopic (exact) mass is 606 g/mol. The fraction of sp³-hybridized carbons (Fsp3) is 0.400. The third kappa shape index (κ3) is 6.79. The number of piperazine rings is 1. The van der Waals surface area contributed by atoms with Gasteiger partial charge in [0, 0.05) is 51.9 Å². The van der Waals surface area contributed by atoms with Gasteiger partial charge in [-0.1, -0.05) is 12.1 Å². The van der Waals surface area contributed by atoms with E-state index in [9.17, 15) is 13.2 Å². The number of fused-ring (bicyclic) bond motifs is 1. The molecule has 0 radical (unpaired) electrons. The first kappa shape index (κ1) is 30.4. The summed E-state index contributed by atoms with van der Waals surface area (Å²) >= 11 is 0. The van der Waals surface area contributed by atoms with Crippen molar-refractivity contribution in [2.75, 3.05) is 69.8 Å². The summed E-state index contributed by atoms with van der Waals surface area (Å²) in [5.41, 5.74) is 2.44. The summed E-state index contributed by atoms with van der Waals surface area (Å²) in [4.78, 5) is 27.2. The van der Waals surface area contributed by atoms with E-state index in [0.29, 0.717) is 63.8 Å². The summed E-state index contributed by atoms with van der Waals surface area (Å²) in [6, 6.07) is 14.5. The molecule has 2 aromatic carbocycles. The molecular formula is C30H38N8O4S. The molecule has 228 valence electrons. The van der Waals surface area contributed by atoms with Crippen molar-refractivity contribution in [1.29, 1.82) is 0 Å². The zero-order valence-corrected chi connectivity index (χ0v) is 25.9. The van der Waals surface area contributed by atoms with Gasteiger partial charge in [-0.05, 0) is 63.0 Å². The molecule has 1 aliphatic heterocycles. The first-order chi connectivity index (χ1) is 20.7. The van der Waals surface area contributed by atoms with Crippen LogP contribution in [0.2, 0.25) is 0 Å². The van der Waals surface area contributed by atoms with Crippen molar-refractivity contribution in [2.45, 2.75) is 25.3 Å². The highest BCUT2D eigenvalue weighted by molar-refractivity contribution is 7.89. The maximum absolute atomic E-state index is 13.5. The fourth-order valence-corrected chi connectivity index (χ4v) is 6.60. The zero-order chi connectivity index (χ0) is 30.6. The van der Waals surface area contributed by atoms with Crippen LogP contribution >= 0.6 is 0 Å². The van der Waals surface area contributed by atoms with Crippen LogP contribution in [0, 0.1) is 0 Å². The van der Waals surface area contributed by atoms with Gasteiger partial charge in [-0.15, -0.1) is 0 Å². The molecule has 1 fully saturated rings. The summed E-state index contributed by atoms with van der Waals surface area (Å²) < 4.78 is 35.9. The molecule has 0 atom stereocenters. The maximum atomic E-state index is 13.5. The molecule has 1 saturated heterocycles. The standard InChI is InChI=1S/C30H38N8O4S/c1-5-42-26-8-6-7-24(19-26)21-38-30-28(20-33-38)29(31-22-32-30)35-14-16-36(17-15-35)43(40,41)27-11-9-25(10-12-27)37(23(2)39)18-13-34(3)4/h6-12,19-20,22H,5,13-18,21H2,1-4H3. The molecule has 0 bridgehead atoms. The number of likely N-dealkylation sites (N-methyl/N-ethyl adjacent to an activating group) is 1. The van der Waals surface area contributed by atoms with Gasteiger partial charge < -0.3 is 19.4 Å². The Hall–Kier alpha value is -4.07. The normalized spacial score (nSPS) is 14.4. The minimum atomic E-state index is -3.70. The third-order valence-electron chi connectivity index (χ3n) is 7.43. The van der Waals surface area contributed by atoms with Gasteiger partial charge in [-0.2, -0.15) is 9.40 Å². The van der Waals surface area contributed by atoms with Crippen molar-refractivity contribution in [2.24, 2.45) is 0 Å². The molecule has 3 heterocycles. The molecule has 0 saturated carbocycles. The minimum absolute atomic E-state index is 0.0891. The Balaban J connectivity index is 1.27. The van der Waals surface area contributed by atoms with Gasteiger partial charge in [0.25, 0.3) is 0 Å². The number of nitrogens with zero attached hydrogens (tertiary/aromatic N) is 8. The van der Waals surface area contributed by atoms with Gasteiger partial charge in [0.15, 0.2) is 5.65 Å². The Morgan fingerprint density at radius 2 is 1.74 bits per heavy atom. The predicted molar refractivity (Wildman–Crippen MR) is 166 cm³/mol. The number of rotatable bonds is 11. The third-order valence-corrected chi connectivity index (χ3v) is 9.34. The first-order valence-corrected chi connectivity index (χ1v) is 15.8. The summed E-state index contributed by atoms with van der Waals surface area (Å²) in [7, 11) is 0.185. The Kier molecular flexibility index (Phi) is 9.23. The van der Waals surface area contributed by atoms with Crippen LogP contribution in [0.15, 0.2) is 66.0 Å². The van der Waals surface area contributed by atoms with E-state index < -0.39 is 10.0 Å². The molecule has 0 unspecified atom stereocenters. The van der Waals surface area contributed by atoms with Crippen LogP contribution in [-0.4, -0.2) is 103 Å². The lowest BCUT2D eigenvalue weighted by Gasteiger charge is -2.34. The Labute approximate surface area is 252 Å². The molecule has 2 aromatic heterocycles. The van der Waals surface area contributed by atoms with Crippen molar-refractivity contribution < 1.29 is 17.9 Å². The first-order valence-electron chi connectivity index (χ1n) is 14.3. The van der Waals surface area contributed by atoms with Gasteiger partial charge in [0.05, 0.1) is 29.6 Å². The second-order valence-corrected chi connectivity index (χ2v) is 12.6. The Morgan fingerprint density at radius 3 is 2.42 bits per heavy atom. The quantitative estimate of drug-likeness (QED) is 0.254. The molecule has 4 aromatic rings. The Morgan fingerprint density at radius 1 is 1.00 bits per heavy atom. The molecule has 13 heteroatoms. The molecule has 1 aliphatic rings. The highest BCUT2D eigenvalue weighted by Crippen LogP contribution is 2.27. The molecule has 12 nitrogen and oxygen atoms in total. The number of anilines is 2. The highest BCUT2D eigenvalue weighted by atomic mass is 32.2. The lowest BCUT2D eigenvalue weighted by Crippen LogP contribution is -2.49. The highest BCUT2D eigenvalue weighted by Gasteiger charge is 2.30. The number of aromatic nitrogens is 4. The van der Waals surface area contributed by atoms with Crippen LogP contribution in [0.3, 0.4) is 0 Å². The second kappa shape index (κ2) is 13.1. The molecule has 5 rings (SSSR count). The van der Waals surface area contributed by atoms with E-state index in [-0.39, 0.29) is 10.8 Å².